The fourth-order valence-electron chi connectivity index (χ4n) is 4.53. The van der Waals surface area contributed by atoms with Gasteiger partial charge in [0.2, 0.25) is 0 Å². The number of aromatic nitrogens is 3. The van der Waals surface area contributed by atoms with Gasteiger partial charge in [0, 0.05) is 24.4 Å². The monoisotopic (exact) mass is 489 g/mol. The van der Waals surface area contributed by atoms with Crippen molar-refractivity contribution in [2.24, 2.45) is 11.3 Å². The van der Waals surface area contributed by atoms with E-state index in [0.717, 1.165) is 17.0 Å². The highest BCUT2D eigenvalue weighted by Crippen LogP contribution is 2.54. The molecule has 2 aliphatic rings. The van der Waals surface area contributed by atoms with Gasteiger partial charge in [-0.15, -0.1) is 0 Å². The number of pyridine rings is 1. The Morgan fingerprint density at radius 2 is 1.91 bits per heavy atom. The first-order chi connectivity index (χ1) is 16.5. The Labute approximate surface area is 202 Å². The van der Waals surface area contributed by atoms with Crippen molar-refractivity contribution >= 4 is 11.5 Å². The van der Waals surface area contributed by atoms with E-state index in [-0.39, 0.29) is 37.0 Å². The lowest BCUT2D eigenvalue weighted by molar-refractivity contribution is -0.213. The zero-order valence-corrected chi connectivity index (χ0v) is 20.3. The number of aromatic amines is 1. The molecule has 2 aromatic heterocycles. The van der Waals surface area contributed by atoms with Crippen LogP contribution in [0.5, 0.6) is 0 Å². The summed E-state index contributed by atoms with van der Waals surface area (Å²) in [5, 5.41) is 0. The number of rotatable bonds is 7. The Kier molecular flexibility index (Phi) is 6.55. The summed E-state index contributed by atoms with van der Waals surface area (Å²) in [6.07, 6.45) is 3.84. The number of imidazole rings is 1. The number of H-pyrrole nitrogens is 1. The number of ether oxygens (including phenoxy) is 2. The molecule has 9 heteroatoms. The summed E-state index contributed by atoms with van der Waals surface area (Å²) in [5.41, 5.74) is -0.000728. The van der Waals surface area contributed by atoms with Gasteiger partial charge in [-0.05, 0) is 56.4 Å². The second-order valence-corrected chi connectivity index (χ2v) is 10.0. The number of hydrogen-bond donors (Lipinski definition) is 1. The normalized spacial score (nSPS) is 19.9. The summed E-state index contributed by atoms with van der Waals surface area (Å²) in [4.78, 5) is 23.5. The highest BCUT2D eigenvalue weighted by Gasteiger charge is 2.60. The first-order valence-corrected chi connectivity index (χ1v) is 11.7. The molecular formula is C26H30F3N3O3. The van der Waals surface area contributed by atoms with Crippen LogP contribution in [-0.2, 0) is 19.7 Å². The number of alkyl halides is 3. The largest absolute Gasteiger partial charge is 0.497 e. The molecule has 0 saturated heterocycles. The molecule has 0 radical (unpaired) electrons. The van der Waals surface area contributed by atoms with Crippen molar-refractivity contribution in [1.82, 2.24) is 15.0 Å². The van der Waals surface area contributed by atoms with E-state index in [1.54, 1.807) is 20.0 Å². The summed E-state index contributed by atoms with van der Waals surface area (Å²) in [6.45, 7) is 5.83. The van der Waals surface area contributed by atoms with Crippen LogP contribution in [0.2, 0.25) is 0 Å². The van der Waals surface area contributed by atoms with Crippen molar-refractivity contribution in [2.45, 2.75) is 58.0 Å². The van der Waals surface area contributed by atoms with E-state index in [1.807, 2.05) is 24.3 Å². The van der Waals surface area contributed by atoms with Gasteiger partial charge >= 0.3 is 12.1 Å². The fraction of sp³-hybridized carbons (Fsp3) is 0.500. The number of halogens is 3. The number of carbonyl (C=O) groups is 1. The summed E-state index contributed by atoms with van der Waals surface area (Å²) < 4.78 is 51.6. The summed E-state index contributed by atoms with van der Waals surface area (Å²) in [6, 6.07) is 3.66. The number of methoxy groups -OCH3 is 1. The minimum Gasteiger partial charge on any atom is -0.497 e. The number of hydrogen-bond acceptors (Lipinski definition) is 5. The Morgan fingerprint density at radius 3 is 2.46 bits per heavy atom. The molecule has 35 heavy (non-hydrogen) atoms. The van der Waals surface area contributed by atoms with E-state index in [9.17, 15) is 18.0 Å². The minimum atomic E-state index is -4.30. The standard InChI is InChI=1S/C26H30F3N3O3/c1-16-12-18(35-15-24(2,3)23(33)34-4)7-8-19(16)20-9-6-17(13-30-20)22-31-14-21(32-22)25(10-5-11-25)26(27,28)29/h6-9,13-14,16H,5,10-12,15H2,1-4H3,(H,31,32). The summed E-state index contributed by atoms with van der Waals surface area (Å²) >= 11 is 0. The molecule has 0 aromatic carbocycles. The predicted molar refractivity (Wildman–Crippen MR) is 125 cm³/mol. The van der Waals surface area contributed by atoms with Gasteiger partial charge in [0.15, 0.2) is 0 Å². The molecule has 0 bridgehead atoms. The molecular weight excluding hydrogens is 459 g/mol. The van der Waals surface area contributed by atoms with Crippen molar-refractivity contribution in [3.8, 4) is 11.4 Å². The lowest BCUT2D eigenvalue weighted by atomic mass is 9.66. The van der Waals surface area contributed by atoms with Gasteiger partial charge in [0.25, 0.3) is 0 Å². The van der Waals surface area contributed by atoms with Crippen molar-refractivity contribution in [2.75, 3.05) is 13.7 Å². The van der Waals surface area contributed by atoms with Crippen LogP contribution >= 0.6 is 0 Å². The first kappa shape index (κ1) is 25.0. The fourth-order valence-corrected chi connectivity index (χ4v) is 4.53. The third kappa shape index (κ3) is 4.73. The lowest BCUT2D eigenvalue weighted by Crippen LogP contribution is -2.48. The minimum absolute atomic E-state index is 0.0841. The molecule has 0 amide bonds. The number of allylic oxidation sites excluding steroid dienone is 4. The van der Waals surface area contributed by atoms with Gasteiger partial charge in [0.1, 0.15) is 17.8 Å². The van der Waals surface area contributed by atoms with E-state index in [4.69, 9.17) is 9.47 Å². The molecule has 1 saturated carbocycles. The number of esters is 1. The van der Waals surface area contributed by atoms with Gasteiger partial charge in [-0.3, -0.25) is 9.78 Å². The molecule has 2 heterocycles. The Morgan fingerprint density at radius 1 is 1.17 bits per heavy atom. The van der Waals surface area contributed by atoms with E-state index >= 15 is 0 Å². The molecule has 188 valence electrons. The average molecular weight is 490 g/mol. The Bertz CT molecular complexity index is 1140. The topological polar surface area (TPSA) is 77.1 Å². The number of nitrogens with one attached hydrogen (secondary N) is 1. The zero-order valence-electron chi connectivity index (χ0n) is 20.3. The molecule has 1 fully saturated rings. The van der Waals surface area contributed by atoms with Crippen LogP contribution in [-0.4, -0.2) is 40.8 Å². The van der Waals surface area contributed by atoms with Crippen LogP contribution in [0, 0.1) is 11.3 Å². The first-order valence-electron chi connectivity index (χ1n) is 11.7. The highest BCUT2D eigenvalue weighted by molar-refractivity contribution is 5.76. The van der Waals surface area contributed by atoms with Crippen LogP contribution in [0.25, 0.3) is 17.0 Å². The molecule has 0 aliphatic heterocycles. The maximum Gasteiger partial charge on any atom is 0.399 e. The van der Waals surface area contributed by atoms with Crippen LogP contribution in [0.1, 0.15) is 57.8 Å². The molecule has 2 aromatic rings. The Hall–Kier alpha value is -3.10. The van der Waals surface area contributed by atoms with Gasteiger partial charge in [0.05, 0.1) is 29.7 Å². The van der Waals surface area contributed by atoms with E-state index in [2.05, 4.69) is 21.9 Å². The van der Waals surface area contributed by atoms with Crippen LogP contribution in [0.15, 0.2) is 42.4 Å². The van der Waals surface area contributed by atoms with Gasteiger partial charge in [-0.1, -0.05) is 19.4 Å². The second-order valence-electron chi connectivity index (χ2n) is 10.0. The zero-order chi connectivity index (χ0) is 25.4. The van der Waals surface area contributed by atoms with E-state index in [1.165, 1.54) is 13.3 Å². The maximum atomic E-state index is 13.6. The van der Waals surface area contributed by atoms with Crippen molar-refractivity contribution < 1.29 is 27.4 Å². The van der Waals surface area contributed by atoms with Gasteiger partial charge < -0.3 is 14.5 Å². The van der Waals surface area contributed by atoms with Crippen LogP contribution < -0.4 is 0 Å². The molecule has 1 N–H and O–H groups in total. The summed E-state index contributed by atoms with van der Waals surface area (Å²) in [5.74, 6) is 0.971. The number of carbonyl (C=O) groups excluding carboxylic acids is 1. The van der Waals surface area contributed by atoms with Gasteiger partial charge in [-0.2, -0.15) is 13.2 Å². The molecule has 6 nitrogen and oxygen atoms in total. The quantitative estimate of drug-likeness (QED) is 0.484. The Balaban J connectivity index is 1.47. The van der Waals surface area contributed by atoms with Crippen LogP contribution in [0.3, 0.4) is 0 Å². The SMILES string of the molecule is COC(=O)C(C)(C)COC1=CC=C(c2ccc(-c3ncc(C4(C(F)(F)F)CCC4)[nH]3)cn2)C(C)C1. The van der Waals surface area contributed by atoms with Crippen molar-refractivity contribution in [1.29, 1.82) is 0 Å². The summed E-state index contributed by atoms with van der Waals surface area (Å²) in [7, 11) is 1.36. The lowest BCUT2D eigenvalue weighted by Gasteiger charge is -2.42. The molecule has 4 rings (SSSR count). The van der Waals surface area contributed by atoms with Crippen LogP contribution in [0.4, 0.5) is 13.2 Å². The maximum absolute atomic E-state index is 13.6. The molecule has 0 spiro atoms. The second kappa shape index (κ2) is 9.17. The van der Waals surface area contributed by atoms with Crippen molar-refractivity contribution in [3.05, 3.63) is 53.8 Å². The third-order valence-corrected chi connectivity index (χ3v) is 7.02. The smallest absolute Gasteiger partial charge is 0.399 e. The third-order valence-electron chi connectivity index (χ3n) is 7.02. The van der Waals surface area contributed by atoms with Gasteiger partial charge in [-0.25, -0.2) is 4.98 Å². The average Bonchev–Trinajstić information content (AvgIpc) is 3.25. The highest BCUT2D eigenvalue weighted by atomic mass is 19.4. The molecule has 1 atom stereocenters. The predicted octanol–water partition coefficient (Wildman–Crippen LogP) is 5.98. The number of nitrogens with zero attached hydrogens (tertiary/aromatic N) is 2. The van der Waals surface area contributed by atoms with Crippen molar-refractivity contribution in [3.63, 3.8) is 0 Å². The molecule has 2 aliphatic carbocycles. The van der Waals surface area contributed by atoms with E-state index < -0.39 is 17.0 Å². The van der Waals surface area contributed by atoms with E-state index in [0.29, 0.717) is 24.2 Å². The molecule has 1 unspecified atom stereocenters.